The van der Waals surface area contributed by atoms with Crippen LogP contribution in [-0.2, 0) is 25.9 Å². The van der Waals surface area contributed by atoms with Gasteiger partial charge < -0.3 is 0 Å². The first-order valence-corrected chi connectivity index (χ1v) is 1.06. The summed E-state index contributed by atoms with van der Waals surface area (Å²) in [4.78, 5) is 16.2. The van der Waals surface area contributed by atoms with Crippen LogP contribution < -0.4 is 0 Å². The van der Waals surface area contributed by atoms with Crippen LogP contribution in [0.15, 0.2) is 0 Å². The van der Waals surface area contributed by atoms with Gasteiger partial charge in [-0.25, -0.2) is 0 Å². The molecule has 5 heavy (non-hydrogen) atoms. The molecule has 0 saturated carbocycles. The van der Waals surface area contributed by atoms with Crippen LogP contribution in [0.25, 0.3) is 0 Å². The SMILES string of the molecule is O=C=O.[OH][Fe]. The topological polar surface area (TPSA) is 54.4 Å². The van der Waals surface area contributed by atoms with E-state index < -0.39 is 0 Å². The number of hydrogen-bond donors (Lipinski definition) is 1. The molecule has 0 aliphatic rings. The standard InChI is InChI=1S/CO2.Fe.H2O/c2-1-3;;/h;;1H2/q;+1;/p-1. The van der Waals surface area contributed by atoms with E-state index in [2.05, 4.69) is 16.3 Å². The third kappa shape index (κ3) is 676. The van der Waals surface area contributed by atoms with Gasteiger partial charge in [-0.2, -0.15) is 9.59 Å². The van der Waals surface area contributed by atoms with Crippen molar-refractivity contribution in [1.82, 2.24) is 0 Å². The molecule has 4 heteroatoms. The van der Waals surface area contributed by atoms with Crippen LogP contribution in [0.2, 0.25) is 0 Å². The van der Waals surface area contributed by atoms with Gasteiger partial charge in [0.15, 0.2) is 0 Å². The monoisotopic (exact) mass is 117 g/mol. The Kier molecular flexibility index (Phi) is 75.6. The Hall–Kier alpha value is -0.141. The molecule has 1 N–H and O–H groups in total. The predicted octanol–water partition coefficient (Wildman–Crippen LogP) is -1.14. The van der Waals surface area contributed by atoms with Gasteiger partial charge in [-0.05, 0) is 0 Å². The van der Waals surface area contributed by atoms with Crippen LogP contribution in [0.4, 0.5) is 0 Å². The summed E-state index contributed by atoms with van der Waals surface area (Å²) in [7, 11) is 0. The Morgan fingerprint density at radius 2 is 1.40 bits per heavy atom. The molecule has 0 amide bonds. The van der Waals surface area contributed by atoms with Crippen LogP contribution in [0.5, 0.6) is 0 Å². The second-order valence-corrected chi connectivity index (χ2v) is 0.0833. The molecule has 0 aliphatic carbocycles. The molecule has 0 saturated heterocycles. The Labute approximate surface area is 37.1 Å². The first-order chi connectivity index (χ1) is 2.41. The molecule has 0 radical (unpaired) electrons. The van der Waals surface area contributed by atoms with E-state index in [-0.39, 0.29) is 6.15 Å². The van der Waals surface area contributed by atoms with Crippen molar-refractivity contribution in [3.05, 3.63) is 0 Å². The molecule has 0 spiro atoms. The van der Waals surface area contributed by atoms with E-state index >= 15 is 0 Å². The van der Waals surface area contributed by atoms with Crippen molar-refractivity contribution in [1.29, 1.82) is 0 Å². The zero-order chi connectivity index (χ0) is 4.71. The summed E-state index contributed by atoms with van der Waals surface area (Å²) >= 11 is 2.25. The van der Waals surface area contributed by atoms with Crippen LogP contribution in [-0.4, -0.2) is 10.3 Å². The molecule has 31 valence electrons. The molecular formula is CHFeO3. The second kappa shape index (κ2) is 42.7. The molecule has 0 heterocycles. The van der Waals surface area contributed by atoms with Gasteiger partial charge in [-0.1, -0.05) is 0 Å². The summed E-state index contributed by atoms with van der Waals surface area (Å²) in [5.41, 5.74) is 0. The first kappa shape index (κ1) is 8.85. The molecule has 0 aromatic heterocycles. The minimum atomic E-state index is 0.250. The maximum absolute atomic E-state index is 8.12. The minimum absolute atomic E-state index is 0.250. The molecule has 0 aromatic carbocycles. The molecule has 3 nitrogen and oxygen atoms in total. The van der Waals surface area contributed by atoms with Gasteiger partial charge in [-0.3, -0.25) is 0 Å². The van der Waals surface area contributed by atoms with Gasteiger partial charge >= 0.3 is 26.7 Å². The molecule has 0 unspecified atom stereocenters. The molecule has 0 fully saturated rings. The van der Waals surface area contributed by atoms with E-state index in [0.717, 1.165) is 0 Å². The average molecular weight is 117 g/mol. The Morgan fingerprint density at radius 1 is 1.40 bits per heavy atom. The summed E-state index contributed by atoms with van der Waals surface area (Å²) in [6.45, 7) is 0. The Morgan fingerprint density at radius 3 is 1.40 bits per heavy atom. The Bertz CT molecular complexity index is 27.9. The van der Waals surface area contributed by atoms with Crippen LogP contribution in [0.3, 0.4) is 0 Å². The number of hydrogen-bond acceptors (Lipinski definition) is 3. The van der Waals surface area contributed by atoms with Gasteiger partial charge in [-0.15, -0.1) is 0 Å². The van der Waals surface area contributed by atoms with Gasteiger partial charge in [0, 0.05) is 0 Å². The van der Waals surface area contributed by atoms with E-state index in [1.165, 1.54) is 0 Å². The van der Waals surface area contributed by atoms with E-state index in [9.17, 15) is 0 Å². The molecule has 0 aromatic rings. The molecule has 0 rings (SSSR count). The van der Waals surface area contributed by atoms with E-state index in [1.807, 2.05) is 0 Å². The van der Waals surface area contributed by atoms with Crippen molar-refractivity contribution in [3.8, 4) is 0 Å². The quantitative estimate of drug-likeness (QED) is 0.408. The van der Waals surface area contributed by atoms with Gasteiger partial charge in [0.05, 0.1) is 0 Å². The number of carbonyl (C=O) groups excluding carboxylic acids is 2. The molecule has 0 bridgehead atoms. The van der Waals surface area contributed by atoms with Crippen molar-refractivity contribution in [2.24, 2.45) is 0 Å². The van der Waals surface area contributed by atoms with Crippen LogP contribution >= 0.6 is 0 Å². The fraction of sp³-hybridized carbons (Fsp3) is 0. The first-order valence-electron chi connectivity index (χ1n) is 0.566. The predicted molar refractivity (Wildman–Crippen MR) is 7.23 cm³/mol. The molecular weight excluding hydrogens is 116 g/mol. The Balaban J connectivity index is 0. The normalized spacial score (nSPS) is 2.80. The fourth-order valence-corrected chi connectivity index (χ4v) is 0. The molecule has 0 aliphatic heterocycles. The van der Waals surface area contributed by atoms with Crippen molar-refractivity contribution in [3.63, 3.8) is 0 Å². The second-order valence-electron chi connectivity index (χ2n) is 0.0833. The zero-order valence-corrected chi connectivity index (χ0v) is 3.22. The third-order valence-electron chi connectivity index (χ3n) is 0. The zero-order valence-electron chi connectivity index (χ0n) is 2.12. The van der Waals surface area contributed by atoms with Crippen molar-refractivity contribution in [2.75, 3.05) is 0 Å². The van der Waals surface area contributed by atoms with E-state index in [4.69, 9.17) is 13.8 Å². The van der Waals surface area contributed by atoms with Crippen LogP contribution in [0, 0.1) is 0 Å². The average Bonchev–Trinajstić information content (AvgIpc) is 1.46. The van der Waals surface area contributed by atoms with Gasteiger partial charge in [0.1, 0.15) is 0 Å². The van der Waals surface area contributed by atoms with Gasteiger partial charge in [0.2, 0.25) is 0 Å². The van der Waals surface area contributed by atoms with Crippen molar-refractivity contribution < 1.29 is 30.1 Å². The third-order valence-corrected chi connectivity index (χ3v) is 0. The summed E-state index contributed by atoms with van der Waals surface area (Å²) in [5, 5.41) is 0. The summed E-state index contributed by atoms with van der Waals surface area (Å²) in [6.07, 6.45) is 0.250. The maximum atomic E-state index is 8.12. The van der Waals surface area contributed by atoms with Gasteiger partial charge in [0.25, 0.3) is 0 Å². The van der Waals surface area contributed by atoms with Crippen LogP contribution in [0.1, 0.15) is 0 Å². The van der Waals surface area contributed by atoms with E-state index in [1.54, 1.807) is 0 Å². The molecule has 0 atom stereocenters. The summed E-state index contributed by atoms with van der Waals surface area (Å²) in [6, 6.07) is 0. The number of rotatable bonds is 0. The van der Waals surface area contributed by atoms with E-state index in [0.29, 0.717) is 0 Å². The van der Waals surface area contributed by atoms with Crippen molar-refractivity contribution >= 4 is 6.15 Å². The summed E-state index contributed by atoms with van der Waals surface area (Å²) < 4.78 is 6.75. The summed E-state index contributed by atoms with van der Waals surface area (Å²) in [5.74, 6) is 0. The fourth-order valence-electron chi connectivity index (χ4n) is 0. The van der Waals surface area contributed by atoms with Crippen molar-refractivity contribution in [2.45, 2.75) is 0 Å².